The largest absolute Gasteiger partial charge is 0.509 e. The van der Waals surface area contributed by atoms with Crippen LogP contribution < -0.4 is 0 Å². The molecule has 1 atom stereocenters. The van der Waals surface area contributed by atoms with E-state index in [1.54, 1.807) is 13.0 Å². The Morgan fingerprint density at radius 1 is 1.29 bits per heavy atom. The summed E-state index contributed by atoms with van der Waals surface area (Å²) in [4.78, 5) is 18.5. The highest BCUT2D eigenvalue weighted by atomic mass is 16.8. The first-order valence-corrected chi connectivity index (χ1v) is 7.87. The minimum atomic E-state index is -1.00. The van der Waals surface area contributed by atoms with Gasteiger partial charge in [-0.05, 0) is 50.8 Å². The van der Waals surface area contributed by atoms with E-state index in [-0.39, 0.29) is 24.0 Å². The van der Waals surface area contributed by atoms with Gasteiger partial charge in [-0.2, -0.15) is 0 Å². The van der Waals surface area contributed by atoms with E-state index in [4.69, 9.17) is 9.57 Å². The zero-order chi connectivity index (χ0) is 18.1. The van der Waals surface area contributed by atoms with Gasteiger partial charge >= 0.3 is 0 Å². The van der Waals surface area contributed by atoms with E-state index in [0.717, 1.165) is 22.3 Å². The van der Waals surface area contributed by atoms with E-state index < -0.39 is 5.54 Å². The van der Waals surface area contributed by atoms with E-state index in [1.165, 1.54) is 12.2 Å². The minimum Gasteiger partial charge on any atom is -0.509 e. The molecule has 0 radical (unpaired) electrons. The molecular formula is C19H25NO4. The van der Waals surface area contributed by atoms with Gasteiger partial charge in [-0.3, -0.25) is 4.79 Å². The van der Waals surface area contributed by atoms with Crippen LogP contribution in [0.5, 0.6) is 0 Å². The second-order valence-corrected chi connectivity index (χ2v) is 6.40. The van der Waals surface area contributed by atoms with Crippen molar-refractivity contribution in [3.8, 4) is 0 Å². The molecule has 1 aromatic rings. The third-order valence-corrected chi connectivity index (χ3v) is 4.36. The number of nitrogens with zero attached hydrogens (tertiary/aromatic N) is 1. The van der Waals surface area contributed by atoms with Crippen molar-refractivity contribution in [2.45, 2.75) is 39.7 Å². The average Bonchev–Trinajstić information content (AvgIpc) is 2.66. The van der Waals surface area contributed by atoms with Crippen LogP contribution in [-0.2, 0) is 14.4 Å². The number of methoxy groups -OCH3 is 1. The van der Waals surface area contributed by atoms with Crippen molar-refractivity contribution in [3.63, 3.8) is 0 Å². The molecule has 130 valence electrons. The molecule has 5 heteroatoms. The second kappa shape index (κ2) is 6.79. The summed E-state index contributed by atoms with van der Waals surface area (Å²) in [6.45, 7) is 11.3. The van der Waals surface area contributed by atoms with Crippen LogP contribution in [0.25, 0.3) is 5.57 Å². The predicted octanol–water partition coefficient (Wildman–Crippen LogP) is 3.59. The van der Waals surface area contributed by atoms with Crippen molar-refractivity contribution in [3.05, 3.63) is 52.8 Å². The van der Waals surface area contributed by atoms with E-state index >= 15 is 0 Å². The van der Waals surface area contributed by atoms with Gasteiger partial charge in [0.25, 0.3) is 5.91 Å². The van der Waals surface area contributed by atoms with Gasteiger partial charge in [-0.25, -0.2) is 9.90 Å². The Labute approximate surface area is 143 Å². The summed E-state index contributed by atoms with van der Waals surface area (Å²) in [6, 6.07) is 4.00. The van der Waals surface area contributed by atoms with Crippen molar-refractivity contribution < 1.29 is 19.5 Å². The Bertz CT molecular complexity index is 684. The van der Waals surface area contributed by atoms with Crippen molar-refractivity contribution >= 4 is 11.5 Å². The normalized spacial score (nSPS) is 20.9. The summed E-state index contributed by atoms with van der Waals surface area (Å²) in [5.74, 6) is -0.373. The molecule has 1 aromatic carbocycles. The second-order valence-electron chi connectivity index (χ2n) is 6.40. The molecule has 0 saturated heterocycles. The van der Waals surface area contributed by atoms with E-state index in [2.05, 4.69) is 6.58 Å². The molecule has 2 rings (SSSR count). The van der Waals surface area contributed by atoms with Gasteiger partial charge in [0.05, 0.1) is 5.57 Å². The molecule has 1 unspecified atom stereocenters. The smallest absolute Gasteiger partial charge is 0.282 e. The summed E-state index contributed by atoms with van der Waals surface area (Å²) < 4.78 is 4.92. The molecular weight excluding hydrogens is 306 g/mol. The first-order chi connectivity index (χ1) is 11.3. The van der Waals surface area contributed by atoms with Crippen LogP contribution in [0.3, 0.4) is 0 Å². The van der Waals surface area contributed by atoms with E-state index in [1.807, 2.05) is 32.9 Å². The number of hydroxylamine groups is 2. The van der Waals surface area contributed by atoms with Crippen LogP contribution in [0.1, 0.15) is 35.6 Å². The Balaban J connectivity index is 2.63. The lowest BCUT2D eigenvalue weighted by molar-refractivity contribution is -0.240. The maximum absolute atomic E-state index is 13.0. The molecule has 1 N–H and O–H groups in total. The van der Waals surface area contributed by atoms with Crippen molar-refractivity contribution in [1.29, 1.82) is 0 Å². The SMILES string of the molecule is C=CCC1(C)C(O)=C(c2c(C)cc(C)cc2C)C(=O)N1OCOC. The summed E-state index contributed by atoms with van der Waals surface area (Å²) in [7, 11) is 1.48. The Morgan fingerprint density at radius 3 is 2.38 bits per heavy atom. The highest BCUT2D eigenvalue weighted by Crippen LogP contribution is 2.43. The fraction of sp³-hybridized carbons (Fsp3) is 0.421. The number of amides is 1. The number of aliphatic hydroxyl groups excluding tert-OH is 1. The summed E-state index contributed by atoms with van der Waals surface area (Å²) in [5.41, 5.74) is 3.03. The average molecular weight is 331 g/mol. The number of carbonyl (C=O) groups is 1. The van der Waals surface area contributed by atoms with Crippen LogP contribution in [-0.4, -0.2) is 35.5 Å². The summed E-state index contributed by atoms with van der Waals surface area (Å²) in [6.07, 6.45) is 2.02. The molecule has 1 heterocycles. The highest BCUT2D eigenvalue weighted by molar-refractivity contribution is 6.23. The van der Waals surface area contributed by atoms with Gasteiger partial charge in [0.2, 0.25) is 0 Å². The molecule has 0 spiro atoms. The number of rotatable bonds is 6. The van der Waals surface area contributed by atoms with Crippen molar-refractivity contribution in [2.75, 3.05) is 13.9 Å². The van der Waals surface area contributed by atoms with Gasteiger partial charge in [0.1, 0.15) is 11.3 Å². The zero-order valence-electron chi connectivity index (χ0n) is 15.0. The lowest BCUT2D eigenvalue weighted by atomic mass is 9.90. The molecule has 0 aromatic heterocycles. The highest BCUT2D eigenvalue weighted by Gasteiger charge is 2.50. The number of aryl methyl sites for hydroxylation is 3. The maximum Gasteiger partial charge on any atom is 0.282 e. The number of hydrogen-bond donors (Lipinski definition) is 1. The lowest BCUT2D eigenvalue weighted by Gasteiger charge is -2.32. The third-order valence-electron chi connectivity index (χ3n) is 4.36. The van der Waals surface area contributed by atoms with Gasteiger partial charge in [0, 0.05) is 7.11 Å². The lowest BCUT2D eigenvalue weighted by Crippen LogP contribution is -2.46. The molecule has 0 fully saturated rings. The number of benzene rings is 1. The molecule has 0 saturated carbocycles. The predicted molar refractivity (Wildman–Crippen MR) is 93.2 cm³/mol. The van der Waals surface area contributed by atoms with Gasteiger partial charge in [-0.1, -0.05) is 23.8 Å². The number of hydrogen-bond acceptors (Lipinski definition) is 4. The third kappa shape index (κ3) is 2.85. The monoisotopic (exact) mass is 331 g/mol. The number of aliphatic hydroxyl groups is 1. The number of ether oxygens (including phenoxy) is 1. The Kier molecular flexibility index (Phi) is 5.16. The Hall–Kier alpha value is -2.11. The molecule has 1 amide bonds. The summed E-state index contributed by atoms with van der Waals surface area (Å²) in [5, 5.41) is 12.1. The molecule has 5 nitrogen and oxygen atoms in total. The zero-order valence-corrected chi connectivity index (χ0v) is 15.0. The van der Waals surface area contributed by atoms with Crippen LogP contribution >= 0.6 is 0 Å². The fourth-order valence-corrected chi connectivity index (χ4v) is 3.36. The van der Waals surface area contributed by atoms with Crippen molar-refractivity contribution in [1.82, 2.24) is 5.06 Å². The van der Waals surface area contributed by atoms with Gasteiger partial charge < -0.3 is 9.84 Å². The standard InChI is InChI=1S/C19H25NO4/c1-7-8-19(5)17(21)16(18(22)20(19)24-11-23-6)15-13(3)9-12(2)10-14(15)4/h7,9-10,21H,1,8,11H2,2-6H3. The van der Waals surface area contributed by atoms with Gasteiger partial charge in [0.15, 0.2) is 6.79 Å². The quantitative estimate of drug-likeness (QED) is 0.639. The maximum atomic E-state index is 13.0. The minimum absolute atomic E-state index is 0.00134. The molecule has 0 bridgehead atoms. The van der Waals surface area contributed by atoms with E-state index in [0.29, 0.717) is 6.42 Å². The molecule has 1 aliphatic rings. The molecule has 1 aliphatic heterocycles. The molecule has 0 aliphatic carbocycles. The van der Waals surface area contributed by atoms with Crippen LogP contribution in [0, 0.1) is 20.8 Å². The van der Waals surface area contributed by atoms with Crippen LogP contribution in [0.15, 0.2) is 30.5 Å². The molecule has 24 heavy (non-hydrogen) atoms. The first-order valence-electron chi connectivity index (χ1n) is 7.87. The Morgan fingerprint density at radius 2 is 1.88 bits per heavy atom. The number of carbonyl (C=O) groups excluding carboxylic acids is 1. The summed E-state index contributed by atoms with van der Waals surface area (Å²) >= 11 is 0. The van der Waals surface area contributed by atoms with Crippen LogP contribution in [0.4, 0.5) is 0 Å². The van der Waals surface area contributed by atoms with Gasteiger partial charge in [-0.15, -0.1) is 6.58 Å². The topological polar surface area (TPSA) is 59.0 Å². The van der Waals surface area contributed by atoms with Crippen LogP contribution in [0.2, 0.25) is 0 Å². The van der Waals surface area contributed by atoms with Crippen molar-refractivity contribution in [2.24, 2.45) is 0 Å². The fourth-order valence-electron chi connectivity index (χ4n) is 3.36. The first kappa shape index (κ1) is 18.2. The van der Waals surface area contributed by atoms with E-state index in [9.17, 15) is 9.90 Å².